The third-order valence-corrected chi connectivity index (χ3v) is 6.59. The second-order valence-electron chi connectivity index (χ2n) is 7.61. The molecule has 34 heavy (non-hydrogen) atoms. The van der Waals surface area contributed by atoms with Crippen molar-refractivity contribution < 1.29 is 19.2 Å². The van der Waals surface area contributed by atoms with E-state index in [-0.39, 0.29) is 16.4 Å². The zero-order chi connectivity index (χ0) is 24.2. The molecule has 0 aliphatic carbocycles. The molecule has 0 spiro atoms. The maximum atomic E-state index is 12.7. The van der Waals surface area contributed by atoms with E-state index in [2.05, 4.69) is 15.6 Å². The highest BCUT2D eigenvalue weighted by molar-refractivity contribution is 7.80. The van der Waals surface area contributed by atoms with E-state index in [0.29, 0.717) is 27.8 Å². The number of piperidine rings is 1. The number of benzene rings is 2. The van der Waals surface area contributed by atoms with Gasteiger partial charge in [-0.05, 0) is 49.7 Å². The van der Waals surface area contributed by atoms with Gasteiger partial charge in [0.25, 0.3) is 11.6 Å². The number of aromatic nitrogens is 1. The number of ether oxygens (including phenoxy) is 2. The van der Waals surface area contributed by atoms with E-state index in [1.165, 1.54) is 17.4 Å². The molecule has 4 rings (SSSR count). The molecule has 178 valence electrons. The molecular formula is C22H23N5O5S2. The number of methoxy groups -OCH3 is 2. The largest absolute Gasteiger partial charge is 0.497 e. The lowest BCUT2D eigenvalue weighted by Crippen LogP contribution is -2.34. The first-order valence-corrected chi connectivity index (χ1v) is 11.8. The molecule has 12 heteroatoms. The van der Waals surface area contributed by atoms with Crippen molar-refractivity contribution in [1.82, 2.24) is 10.3 Å². The minimum Gasteiger partial charge on any atom is -0.497 e. The summed E-state index contributed by atoms with van der Waals surface area (Å²) in [6, 6.07) is 8.04. The lowest BCUT2D eigenvalue weighted by molar-refractivity contribution is -0.384. The van der Waals surface area contributed by atoms with Crippen LogP contribution in [0.4, 0.5) is 16.5 Å². The fourth-order valence-electron chi connectivity index (χ4n) is 3.82. The third kappa shape index (κ3) is 5.02. The highest BCUT2D eigenvalue weighted by Gasteiger charge is 2.23. The van der Waals surface area contributed by atoms with E-state index >= 15 is 0 Å². The number of carbonyl (C=O) groups is 1. The van der Waals surface area contributed by atoms with E-state index in [0.717, 1.165) is 37.1 Å². The van der Waals surface area contributed by atoms with Gasteiger partial charge < -0.3 is 19.7 Å². The lowest BCUT2D eigenvalue weighted by Gasteiger charge is -2.28. The number of rotatable bonds is 6. The smallest absolute Gasteiger partial charge is 0.293 e. The maximum Gasteiger partial charge on any atom is 0.293 e. The van der Waals surface area contributed by atoms with E-state index in [1.807, 2.05) is 11.0 Å². The molecule has 0 unspecified atom stereocenters. The number of hydrogen-bond acceptors (Lipinski definition) is 9. The first-order chi connectivity index (χ1) is 16.4. The molecular weight excluding hydrogens is 478 g/mol. The number of thiazole rings is 1. The number of nitrogens with zero attached hydrogens (tertiary/aromatic N) is 3. The number of nitro groups is 1. The fourth-order valence-corrected chi connectivity index (χ4v) is 4.99. The van der Waals surface area contributed by atoms with Crippen LogP contribution in [-0.4, -0.2) is 48.2 Å². The molecule has 3 aromatic rings. The van der Waals surface area contributed by atoms with Crippen molar-refractivity contribution in [1.29, 1.82) is 0 Å². The Labute approximate surface area is 205 Å². The van der Waals surface area contributed by atoms with Crippen LogP contribution in [0.5, 0.6) is 11.5 Å². The van der Waals surface area contributed by atoms with Crippen molar-refractivity contribution in [2.24, 2.45) is 0 Å². The number of nitro benzene ring substituents is 1. The first kappa shape index (κ1) is 23.6. The Kier molecular flexibility index (Phi) is 7.08. The molecule has 1 aliphatic rings. The summed E-state index contributed by atoms with van der Waals surface area (Å²) in [5, 5.41) is 17.6. The molecule has 2 heterocycles. The molecule has 1 fully saturated rings. The zero-order valence-corrected chi connectivity index (χ0v) is 20.3. The van der Waals surface area contributed by atoms with E-state index in [4.69, 9.17) is 21.7 Å². The number of fused-ring (bicyclic) bond motifs is 1. The van der Waals surface area contributed by atoms with Crippen LogP contribution in [0.1, 0.15) is 29.6 Å². The Morgan fingerprint density at radius 3 is 2.62 bits per heavy atom. The van der Waals surface area contributed by atoms with Crippen LogP contribution in [-0.2, 0) is 0 Å². The van der Waals surface area contributed by atoms with Gasteiger partial charge in [-0.1, -0.05) is 11.3 Å². The van der Waals surface area contributed by atoms with Gasteiger partial charge >= 0.3 is 0 Å². The molecule has 2 N–H and O–H groups in total. The molecule has 2 aromatic carbocycles. The van der Waals surface area contributed by atoms with Crippen molar-refractivity contribution in [2.45, 2.75) is 19.3 Å². The van der Waals surface area contributed by atoms with Gasteiger partial charge in [-0.25, -0.2) is 4.98 Å². The van der Waals surface area contributed by atoms with Gasteiger partial charge in [0.05, 0.1) is 23.8 Å². The summed E-state index contributed by atoms with van der Waals surface area (Å²) in [5.74, 6) is 0.630. The monoisotopic (exact) mass is 501 g/mol. The molecule has 0 radical (unpaired) electrons. The van der Waals surface area contributed by atoms with Gasteiger partial charge in [-0.2, -0.15) is 0 Å². The van der Waals surface area contributed by atoms with Crippen LogP contribution >= 0.6 is 23.6 Å². The van der Waals surface area contributed by atoms with Gasteiger partial charge in [0.1, 0.15) is 22.7 Å². The predicted octanol–water partition coefficient (Wildman–Crippen LogP) is 4.34. The van der Waals surface area contributed by atoms with Crippen LogP contribution in [0.25, 0.3) is 10.2 Å². The van der Waals surface area contributed by atoms with Crippen molar-refractivity contribution >= 4 is 61.3 Å². The van der Waals surface area contributed by atoms with Crippen molar-refractivity contribution in [3.8, 4) is 11.5 Å². The number of anilines is 2. The fraction of sp³-hybridized carbons (Fsp3) is 0.318. The maximum absolute atomic E-state index is 12.7. The van der Waals surface area contributed by atoms with Crippen LogP contribution in [0.15, 0.2) is 30.3 Å². The number of hydrogen-bond donors (Lipinski definition) is 2. The van der Waals surface area contributed by atoms with Gasteiger partial charge in [-0.3, -0.25) is 20.2 Å². The molecule has 0 atom stereocenters. The molecule has 1 aliphatic heterocycles. The Morgan fingerprint density at radius 1 is 1.18 bits per heavy atom. The average molecular weight is 502 g/mol. The number of carbonyl (C=O) groups excluding carboxylic acids is 1. The van der Waals surface area contributed by atoms with Gasteiger partial charge in [-0.15, -0.1) is 0 Å². The second-order valence-corrected chi connectivity index (χ2v) is 9.05. The summed E-state index contributed by atoms with van der Waals surface area (Å²) in [4.78, 5) is 30.4. The minimum absolute atomic E-state index is 0.0257. The van der Waals surface area contributed by atoms with Crippen LogP contribution in [0, 0.1) is 10.1 Å². The predicted molar refractivity (Wildman–Crippen MR) is 136 cm³/mol. The summed E-state index contributed by atoms with van der Waals surface area (Å²) in [6.07, 6.45) is 3.09. The van der Waals surface area contributed by atoms with Crippen molar-refractivity contribution in [2.75, 3.05) is 37.5 Å². The number of thiocarbonyl (C=S) groups is 1. The van der Waals surface area contributed by atoms with Crippen molar-refractivity contribution in [3.63, 3.8) is 0 Å². The van der Waals surface area contributed by atoms with Gasteiger partial charge in [0.2, 0.25) is 0 Å². The Hall–Kier alpha value is -3.51. The Balaban J connectivity index is 1.48. The number of amides is 1. The first-order valence-electron chi connectivity index (χ1n) is 10.6. The lowest BCUT2D eigenvalue weighted by atomic mass is 10.1. The topological polar surface area (TPSA) is 119 Å². The van der Waals surface area contributed by atoms with Gasteiger partial charge in [0, 0.05) is 30.8 Å². The normalized spacial score (nSPS) is 13.4. The van der Waals surface area contributed by atoms with E-state index in [9.17, 15) is 14.9 Å². The van der Waals surface area contributed by atoms with Crippen molar-refractivity contribution in [3.05, 3.63) is 46.0 Å². The Bertz CT molecular complexity index is 1260. The summed E-state index contributed by atoms with van der Waals surface area (Å²) in [7, 11) is 3.11. The Morgan fingerprint density at radius 2 is 1.94 bits per heavy atom. The molecule has 1 aromatic heterocycles. The van der Waals surface area contributed by atoms with Gasteiger partial charge in [0.15, 0.2) is 10.2 Å². The molecule has 1 amide bonds. The summed E-state index contributed by atoms with van der Waals surface area (Å²) >= 11 is 6.58. The SMILES string of the molecule is COc1cc(OC)c2nc(NC(=S)NC(=O)c3ccc(N4CCCCC4)c([N+](=O)[O-])c3)sc2c1. The van der Waals surface area contributed by atoms with Crippen LogP contribution in [0.2, 0.25) is 0 Å². The summed E-state index contributed by atoms with van der Waals surface area (Å²) in [6.45, 7) is 1.53. The van der Waals surface area contributed by atoms with E-state index in [1.54, 1.807) is 32.4 Å². The summed E-state index contributed by atoms with van der Waals surface area (Å²) < 4.78 is 11.5. The quantitative estimate of drug-likeness (QED) is 0.289. The third-order valence-electron chi connectivity index (χ3n) is 5.47. The molecule has 10 nitrogen and oxygen atoms in total. The molecule has 0 bridgehead atoms. The van der Waals surface area contributed by atoms with Crippen LogP contribution < -0.4 is 25.0 Å². The zero-order valence-electron chi connectivity index (χ0n) is 18.6. The average Bonchev–Trinajstić information content (AvgIpc) is 3.25. The minimum atomic E-state index is -0.550. The second kappa shape index (κ2) is 10.2. The summed E-state index contributed by atoms with van der Waals surface area (Å²) in [5.41, 5.74) is 1.21. The highest BCUT2D eigenvalue weighted by Crippen LogP contribution is 2.36. The molecule has 1 saturated heterocycles. The standard InChI is InChI=1S/C22H23N5O5S2/c1-31-14-11-17(32-2)19-18(12-14)34-22(23-19)25-21(33)24-20(28)13-6-7-15(16(10-13)27(29)30)26-8-4-3-5-9-26/h6-7,10-12H,3-5,8-9H2,1-2H3,(H2,23,24,25,28,33). The van der Waals surface area contributed by atoms with Crippen LogP contribution in [0.3, 0.4) is 0 Å². The highest BCUT2D eigenvalue weighted by atomic mass is 32.1. The van der Waals surface area contributed by atoms with E-state index < -0.39 is 10.8 Å². The molecule has 0 saturated carbocycles. The number of nitrogens with one attached hydrogen (secondary N) is 2.